The van der Waals surface area contributed by atoms with Gasteiger partial charge >= 0.3 is 0 Å². The van der Waals surface area contributed by atoms with E-state index in [9.17, 15) is 0 Å². The van der Waals surface area contributed by atoms with Crippen molar-refractivity contribution in [2.24, 2.45) is 0 Å². The van der Waals surface area contributed by atoms with Crippen LogP contribution in [0.2, 0.25) is 0 Å². The molecule has 0 aromatic heterocycles. The average molecular weight is 399 g/mol. The summed E-state index contributed by atoms with van der Waals surface area (Å²) < 4.78 is 6.06. The van der Waals surface area contributed by atoms with Crippen molar-refractivity contribution in [3.63, 3.8) is 0 Å². The Morgan fingerprint density at radius 2 is 1.37 bits per heavy atom. The fraction of sp³-hybridized carbons (Fsp3) is 0.310. The van der Waals surface area contributed by atoms with Crippen LogP contribution >= 0.6 is 0 Å². The third kappa shape index (κ3) is 5.02. The number of allylic oxidation sites excluding steroid dienone is 1. The molecule has 0 unspecified atom stereocenters. The summed E-state index contributed by atoms with van der Waals surface area (Å²) in [6.07, 6.45) is 2.12. The Balaban J connectivity index is 1.98. The van der Waals surface area contributed by atoms with Crippen molar-refractivity contribution in [3.05, 3.63) is 88.5 Å². The molecule has 3 aromatic carbocycles. The molecule has 0 atom stereocenters. The van der Waals surface area contributed by atoms with Gasteiger partial charge < -0.3 is 4.74 Å². The molecule has 0 aliphatic carbocycles. The number of hydrogen-bond acceptors (Lipinski definition) is 1. The van der Waals surface area contributed by atoms with E-state index in [2.05, 4.69) is 109 Å². The molecular formula is C29H34O. The van der Waals surface area contributed by atoms with Crippen LogP contribution in [0.5, 0.6) is 5.75 Å². The van der Waals surface area contributed by atoms with E-state index in [1.807, 2.05) is 0 Å². The van der Waals surface area contributed by atoms with E-state index in [1.54, 1.807) is 0 Å². The van der Waals surface area contributed by atoms with Crippen LogP contribution in [0.15, 0.2) is 66.2 Å². The molecule has 1 heteroatoms. The van der Waals surface area contributed by atoms with Gasteiger partial charge in [-0.2, -0.15) is 0 Å². The van der Waals surface area contributed by atoms with E-state index >= 15 is 0 Å². The first-order valence-corrected chi connectivity index (χ1v) is 10.8. The Morgan fingerprint density at radius 3 is 1.93 bits per heavy atom. The van der Waals surface area contributed by atoms with Crippen LogP contribution < -0.4 is 4.74 Å². The summed E-state index contributed by atoms with van der Waals surface area (Å²) in [5, 5.41) is 0. The highest BCUT2D eigenvalue weighted by Gasteiger charge is 2.13. The van der Waals surface area contributed by atoms with Gasteiger partial charge in [0.15, 0.2) is 0 Å². The fourth-order valence-corrected chi connectivity index (χ4v) is 3.77. The summed E-state index contributed by atoms with van der Waals surface area (Å²) in [5.74, 6) is 1.39. The van der Waals surface area contributed by atoms with Crippen molar-refractivity contribution in [2.75, 3.05) is 6.61 Å². The van der Waals surface area contributed by atoms with Gasteiger partial charge in [0.2, 0.25) is 0 Å². The highest BCUT2D eigenvalue weighted by Crippen LogP contribution is 2.36. The van der Waals surface area contributed by atoms with Crippen molar-refractivity contribution < 1.29 is 4.74 Å². The third-order valence-electron chi connectivity index (χ3n) is 5.61. The van der Waals surface area contributed by atoms with Crippen LogP contribution in [0.25, 0.3) is 22.3 Å². The highest BCUT2D eigenvalue weighted by molar-refractivity contribution is 5.77. The second kappa shape index (κ2) is 9.34. The van der Waals surface area contributed by atoms with Crippen LogP contribution in [-0.2, 0) is 0 Å². The molecule has 0 amide bonds. The number of benzene rings is 3. The summed E-state index contributed by atoms with van der Waals surface area (Å²) in [4.78, 5) is 0. The predicted molar refractivity (Wildman–Crippen MR) is 131 cm³/mol. The van der Waals surface area contributed by atoms with Gasteiger partial charge in [-0.3, -0.25) is 0 Å². The normalized spacial score (nSPS) is 10.9. The molecule has 0 bridgehead atoms. The van der Waals surface area contributed by atoms with Gasteiger partial charge in [0.05, 0.1) is 0 Å². The quantitative estimate of drug-likeness (QED) is 0.379. The van der Waals surface area contributed by atoms with Crippen LogP contribution in [0, 0.1) is 20.8 Å². The predicted octanol–water partition coefficient (Wildman–Crippen LogP) is 8.41. The van der Waals surface area contributed by atoms with Crippen LogP contribution in [0.4, 0.5) is 0 Å². The second-order valence-electron chi connectivity index (χ2n) is 8.85. The van der Waals surface area contributed by atoms with Crippen molar-refractivity contribution in [1.29, 1.82) is 0 Å². The largest absolute Gasteiger partial charge is 0.489 e. The van der Waals surface area contributed by atoms with E-state index < -0.39 is 0 Å². The Labute approximate surface area is 182 Å². The molecular weight excluding hydrogens is 364 g/mol. The lowest BCUT2D eigenvalue weighted by Crippen LogP contribution is -2.00. The van der Waals surface area contributed by atoms with Crippen LogP contribution in [0.1, 0.15) is 55.9 Å². The van der Waals surface area contributed by atoms with Gasteiger partial charge in [0.25, 0.3) is 0 Å². The molecule has 3 rings (SSSR count). The Kier molecular flexibility index (Phi) is 6.82. The minimum Gasteiger partial charge on any atom is -0.489 e. The minimum absolute atomic E-state index is 0.403. The molecule has 0 radical (unpaired) electrons. The molecule has 0 saturated carbocycles. The first kappa shape index (κ1) is 21.9. The highest BCUT2D eigenvalue weighted by atomic mass is 16.5. The maximum absolute atomic E-state index is 6.06. The monoisotopic (exact) mass is 398 g/mol. The molecule has 0 aliphatic rings. The maximum Gasteiger partial charge on any atom is 0.123 e. The molecule has 0 spiro atoms. The van der Waals surface area contributed by atoms with Crippen molar-refractivity contribution in [2.45, 2.75) is 54.4 Å². The summed E-state index contributed by atoms with van der Waals surface area (Å²) in [7, 11) is 0. The van der Waals surface area contributed by atoms with E-state index in [4.69, 9.17) is 4.74 Å². The van der Waals surface area contributed by atoms with Crippen LogP contribution in [0.3, 0.4) is 0 Å². The van der Waals surface area contributed by atoms with Gasteiger partial charge in [-0.15, -0.1) is 0 Å². The van der Waals surface area contributed by atoms with Crippen molar-refractivity contribution in [3.8, 4) is 28.0 Å². The van der Waals surface area contributed by atoms with Gasteiger partial charge in [-0.05, 0) is 97.7 Å². The molecule has 0 N–H and O–H groups in total. The van der Waals surface area contributed by atoms with Gasteiger partial charge in [0.1, 0.15) is 12.4 Å². The van der Waals surface area contributed by atoms with Crippen molar-refractivity contribution in [1.82, 2.24) is 0 Å². The summed E-state index contributed by atoms with van der Waals surface area (Å²) >= 11 is 0. The smallest absolute Gasteiger partial charge is 0.123 e. The molecule has 1 nitrogen and oxygen atoms in total. The topological polar surface area (TPSA) is 9.23 Å². The third-order valence-corrected chi connectivity index (χ3v) is 5.61. The molecule has 30 heavy (non-hydrogen) atoms. The number of aryl methyl sites for hydroxylation is 3. The van der Waals surface area contributed by atoms with Crippen molar-refractivity contribution >= 4 is 0 Å². The number of rotatable bonds is 6. The SMILES string of the molecule is CC(C)=CCOc1ccc(-c2cc(C)c(-c3ccc(C)cc3)cc2C)cc1C(C)C. The van der Waals surface area contributed by atoms with Gasteiger partial charge in [0, 0.05) is 0 Å². The molecule has 0 aliphatic heterocycles. The lowest BCUT2D eigenvalue weighted by atomic mass is 9.90. The summed E-state index contributed by atoms with van der Waals surface area (Å²) in [5.41, 5.74) is 11.6. The molecule has 0 heterocycles. The molecule has 0 saturated heterocycles. The van der Waals surface area contributed by atoms with Gasteiger partial charge in [-0.1, -0.05) is 67.4 Å². The summed E-state index contributed by atoms with van der Waals surface area (Å²) in [6, 6.07) is 20.1. The Bertz CT molecular complexity index is 1050. The fourth-order valence-electron chi connectivity index (χ4n) is 3.77. The zero-order chi connectivity index (χ0) is 21.8. The summed E-state index contributed by atoms with van der Waals surface area (Å²) in [6.45, 7) is 15.8. The van der Waals surface area contributed by atoms with Crippen LogP contribution in [-0.4, -0.2) is 6.61 Å². The number of hydrogen-bond donors (Lipinski definition) is 0. The maximum atomic E-state index is 6.06. The Morgan fingerprint density at radius 1 is 0.800 bits per heavy atom. The number of ether oxygens (including phenoxy) is 1. The average Bonchev–Trinajstić information content (AvgIpc) is 2.70. The first-order chi connectivity index (χ1) is 14.3. The first-order valence-electron chi connectivity index (χ1n) is 10.8. The van der Waals surface area contributed by atoms with E-state index in [0.29, 0.717) is 12.5 Å². The van der Waals surface area contributed by atoms with Gasteiger partial charge in [-0.25, -0.2) is 0 Å². The zero-order valence-corrected chi connectivity index (χ0v) is 19.5. The second-order valence-corrected chi connectivity index (χ2v) is 8.85. The lowest BCUT2D eigenvalue weighted by Gasteiger charge is -2.17. The standard InChI is InChI=1S/C29H34O/c1-19(2)14-15-30-29-13-12-25(18-26(29)20(3)4)28-17-22(6)27(16-23(28)7)24-10-8-21(5)9-11-24/h8-14,16-18,20H,15H2,1-7H3. The Hall–Kier alpha value is -2.80. The molecule has 0 fully saturated rings. The lowest BCUT2D eigenvalue weighted by molar-refractivity contribution is 0.356. The minimum atomic E-state index is 0.403. The van der Waals surface area contributed by atoms with E-state index in [-0.39, 0.29) is 0 Å². The van der Waals surface area contributed by atoms with E-state index in [1.165, 1.54) is 50.1 Å². The molecule has 156 valence electrons. The zero-order valence-electron chi connectivity index (χ0n) is 19.5. The molecule has 3 aromatic rings. The van der Waals surface area contributed by atoms with E-state index in [0.717, 1.165) is 5.75 Å².